The van der Waals surface area contributed by atoms with Gasteiger partial charge in [0.15, 0.2) is 0 Å². The molecule has 0 aromatic heterocycles. The van der Waals surface area contributed by atoms with Crippen LogP contribution in [0.3, 0.4) is 0 Å². The Kier molecular flexibility index (Phi) is 7.00. The van der Waals surface area contributed by atoms with Gasteiger partial charge in [0.1, 0.15) is 12.7 Å². The highest BCUT2D eigenvalue weighted by Gasteiger charge is 2.10. The smallest absolute Gasteiger partial charge is 0.332 e. The summed E-state index contributed by atoms with van der Waals surface area (Å²) >= 11 is 0. The van der Waals surface area contributed by atoms with Crippen LogP contribution in [-0.2, 0) is 14.3 Å². The van der Waals surface area contributed by atoms with Crippen molar-refractivity contribution in [2.75, 3.05) is 13.2 Å². The second-order valence-electron chi connectivity index (χ2n) is 4.72. The van der Waals surface area contributed by atoms with Gasteiger partial charge in [0.25, 0.3) is 0 Å². The van der Waals surface area contributed by atoms with Gasteiger partial charge in [-0.25, -0.2) is 4.79 Å². The van der Waals surface area contributed by atoms with Gasteiger partial charge in [-0.2, -0.15) is 0 Å². The van der Waals surface area contributed by atoms with Crippen molar-refractivity contribution in [1.82, 2.24) is 0 Å². The monoisotopic (exact) mass is 242 g/mol. The summed E-state index contributed by atoms with van der Waals surface area (Å²) in [5.41, 5.74) is 2.16. The molecule has 0 aliphatic carbocycles. The minimum absolute atomic E-state index is 0.0167. The Hall–Kier alpha value is -0.873. The molecule has 0 aromatic carbocycles. The van der Waals surface area contributed by atoms with Crippen molar-refractivity contribution >= 4 is 14.0 Å². The lowest BCUT2D eigenvalue weighted by molar-refractivity contribution is -0.151. The summed E-state index contributed by atoms with van der Waals surface area (Å²) in [6.07, 6.45) is 3.35. The first kappa shape index (κ1) is 15.1. The van der Waals surface area contributed by atoms with Gasteiger partial charge in [-0.05, 0) is 6.92 Å². The molecule has 0 aliphatic rings. The van der Waals surface area contributed by atoms with E-state index in [2.05, 4.69) is 31.9 Å². The first-order valence-electron chi connectivity index (χ1n) is 5.42. The molecule has 0 saturated heterocycles. The Labute approximate surface area is 99.1 Å². The fourth-order valence-corrected chi connectivity index (χ4v) is 1.78. The van der Waals surface area contributed by atoms with Crippen molar-refractivity contribution < 1.29 is 14.3 Å². The molecule has 0 unspecified atom stereocenters. The normalized spacial score (nSPS) is 13.8. The second-order valence-corrected chi connectivity index (χ2v) is 9.79. The van der Waals surface area contributed by atoms with Gasteiger partial charge in [-0.1, -0.05) is 37.5 Å². The van der Waals surface area contributed by atoms with Crippen LogP contribution in [0.2, 0.25) is 19.6 Å². The van der Waals surface area contributed by atoms with Crippen molar-refractivity contribution in [2.45, 2.75) is 32.7 Å². The van der Waals surface area contributed by atoms with Gasteiger partial charge in [0, 0.05) is 0 Å². The lowest BCUT2D eigenvalue weighted by Gasteiger charge is -2.12. The minimum atomic E-state index is -1.22. The highest BCUT2D eigenvalue weighted by atomic mass is 28.3. The predicted octanol–water partition coefficient (Wildman–Crippen LogP) is 2.55. The van der Waals surface area contributed by atoms with Crippen LogP contribution in [-0.4, -0.2) is 33.4 Å². The lowest BCUT2D eigenvalue weighted by Crippen LogP contribution is -2.20. The Morgan fingerprint density at radius 2 is 2.06 bits per heavy atom. The average Bonchev–Trinajstić information content (AvgIpc) is 2.14. The molecule has 1 atom stereocenters. The number of carbonyl (C=O) groups excluding carboxylic acids is 1. The third-order valence-corrected chi connectivity index (χ3v) is 2.83. The highest BCUT2D eigenvalue weighted by Crippen LogP contribution is 2.04. The Morgan fingerprint density at radius 3 is 2.56 bits per heavy atom. The van der Waals surface area contributed by atoms with Crippen LogP contribution in [0.25, 0.3) is 0 Å². The van der Waals surface area contributed by atoms with Gasteiger partial charge in [0.2, 0.25) is 0 Å². The second kappa shape index (κ2) is 7.41. The first-order valence-corrected chi connectivity index (χ1v) is 9.00. The molecular weight excluding hydrogens is 220 g/mol. The van der Waals surface area contributed by atoms with E-state index in [1.807, 2.05) is 13.0 Å². The van der Waals surface area contributed by atoms with E-state index in [9.17, 15) is 4.79 Å². The Balaban J connectivity index is 3.86. The SMILES string of the molecule is C=CCOCC(=O)O[C@H](C)/C=C/[Si](C)(C)C. The first-order chi connectivity index (χ1) is 7.35. The summed E-state index contributed by atoms with van der Waals surface area (Å²) in [5, 5.41) is 0. The summed E-state index contributed by atoms with van der Waals surface area (Å²) in [7, 11) is -1.22. The van der Waals surface area contributed by atoms with Crippen molar-refractivity contribution in [3.05, 3.63) is 24.4 Å². The lowest BCUT2D eigenvalue weighted by atomic mass is 10.4. The molecule has 92 valence electrons. The highest BCUT2D eigenvalue weighted by molar-refractivity contribution is 6.80. The number of ether oxygens (including phenoxy) is 2. The molecule has 0 radical (unpaired) electrons. The maximum absolute atomic E-state index is 11.2. The number of rotatable bonds is 7. The largest absolute Gasteiger partial charge is 0.457 e. The van der Waals surface area contributed by atoms with E-state index >= 15 is 0 Å². The minimum Gasteiger partial charge on any atom is -0.457 e. The molecule has 0 heterocycles. The molecule has 0 bridgehead atoms. The predicted molar refractivity (Wildman–Crippen MR) is 69.1 cm³/mol. The summed E-state index contributed by atoms with van der Waals surface area (Å²) in [5.74, 6) is -0.338. The Morgan fingerprint density at radius 1 is 1.44 bits per heavy atom. The van der Waals surface area contributed by atoms with Gasteiger partial charge < -0.3 is 9.47 Å². The zero-order valence-corrected chi connectivity index (χ0v) is 11.7. The molecule has 0 rings (SSSR count). The number of hydrogen-bond donors (Lipinski definition) is 0. The van der Waals surface area contributed by atoms with E-state index in [1.54, 1.807) is 6.08 Å². The van der Waals surface area contributed by atoms with Crippen LogP contribution in [0.5, 0.6) is 0 Å². The molecule has 0 spiro atoms. The summed E-state index contributed by atoms with van der Waals surface area (Å²) < 4.78 is 10.1. The topological polar surface area (TPSA) is 35.5 Å². The third-order valence-electron chi connectivity index (χ3n) is 1.64. The average molecular weight is 242 g/mol. The quantitative estimate of drug-likeness (QED) is 0.298. The van der Waals surface area contributed by atoms with E-state index < -0.39 is 8.07 Å². The molecule has 0 saturated carbocycles. The van der Waals surface area contributed by atoms with Crippen molar-refractivity contribution in [3.8, 4) is 0 Å². The molecule has 0 N–H and O–H groups in total. The van der Waals surface area contributed by atoms with E-state index in [0.29, 0.717) is 6.61 Å². The molecule has 16 heavy (non-hydrogen) atoms. The van der Waals surface area contributed by atoms with Crippen molar-refractivity contribution in [3.63, 3.8) is 0 Å². The van der Waals surface area contributed by atoms with Crippen LogP contribution in [0.1, 0.15) is 6.92 Å². The van der Waals surface area contributed by atoms with E-state index in [1.165, 1.54) is 0 Å². The van der Waals surface area contributed by atoms with Crippen LogP contribution < -0.4 is 0 Å². The molecule has 0 aliphatic heterocycles. The van der Waals surface area contributed by atoms with E-state index in [4.69, 9.17) is 9.47 Å². The third kappa shape index (κ3) is 9.67. The van der Waals surface area contributed by atoms with Crippen molar-refractivity contribution in [1.29, 1.82) is 0 Å². The van der Waals surface area contributed by atoms with Gasteiger partial charge >= 0.3 is 5.97 Å². The molecule has 0 amide bonds. The van der Waals surface area contributed by atoms with Crippen LogP contribution in [0.4, 0.5) is 0 Å². The molecule has 4 heteroatoms. The fourth-order valence-electron chi connectivity index (χ4n) is 0.930. The van der Waals surface area contributed by atoms with Crippen LogP contribution in [0, 0.1) is 0 Å². The molecule has 0 fully saturated rings. The zero-order chi connectivity index (χ0) is 12.6. The fraction of sp³-hybridized carbons (Fsp3) is 0.583. The standard InChI is InChI=1S/C12H22O3Si/c1-6-8-14-10-12(13)15-11(2)7-9-16(3,4)5/h6-7,9,11H,1,8,10H2,2-5H3/b9-7+/t11-/m1/s1. The van der Waals surface area contributed by atoms with Gasteiger partial charge in [0.05, 0.1) is 14.7 Å². The number of esters is 1. The summed E-state index contributed by atoms with van der Waals surface area (Å²) in [6.45, 7) is 12.4. The molecule has 3 nitrogen and oxygen atoms in total. The maximum atomic E-state index is 11.2. The van der Waals surface area contributed by atoms with Crippen LogP contribution >= 0.6 is 0 Å². The van der Waals surface area contributed by atoms with Crippen LogP contribution in [0.15, 0.2) is 24.4 Å². The van der Waals surface area contributed by atoms with Gasteiger partial charge in [-0.15, -0.1) is 6.58 Å². The Bertz CT molecular complexity index is 253. The van der Waals surface area contributed by atoms with E-state index in [-0.39, 0.29) is 18.7 Å². The van der Waals surface area contributed by atoms with E-state index in [0.717, 1.165) is 0 Å². The van der Waals surface area contributed by atoms with Crippen molar-refractivity contribution in [2.24, 2.45) is 0 Å². The zero-order valence-electron chi connectivity index (χ0n) is 10.7. The number of carbonyl (C=O) groups is 1. The number of hydrogen-bond acceptors (Lipinski definition) is 3. The summed E-state index contributed by atoms with van der Waals surface area (Å²) in [6, 6.07) is 0. The molecular formula is C12H22O3Si. The molecule has 0 aromatic rings. The maximum Gasteiger partial charge on any atom is 0.332 e. The van der Waals surface area contributed by atoms with Gasteiger partial charge in [-0.3, -0.25) is 0 Å². The summed E-state index contributed by atoms with van der Waals surface area (Å²) in [4.78, 5) is 11.2.